The van der Waals surface area contributed by atoms with Crippen molar-refractivity contribution in [1.29, 1.82) is 0 Å². The molecule has 0 radical (unpaired) electrons. The Balaban J connectivity index is 1.74. The van der Waals surface area contributed by atoms with Crippen LogP contribution in [0.1, 0.15) is 53.8 Å². The Morgan fingerprint density at radius 2 is 1.75 bits per heavy atom. The van der Waals surface area contributed by atoms with E-state index in [1.54, 1.807) is 29.2 Å². The third-order valence-corrected chi connectivity index (χ3v) is 6.64. The van der Waals surface area contributed by atoms with Crippen LogP contribution in [0.5, 0.6) is 5.75 Å². The largest absolute Gasteiger partial charge is 0.493 e. The van der Waals surface area contributed by atoms with Crippen molar-refractivity contribution in [3.05, 3.63) is 53.6 Å². The van der Waals surface area contributed by atoms with Crippen molar-refractivity contribution in [3.63, 3.8) is 0 Å². The van der Waals surface area contributed by atoms with Crippen LogP contribution >= 0.6 is 0 Å². The van der Waals surface area contributed by atoms with Gasteiger partial charge in [0.2, 0.25) is 0 Å². The van der Waals surface area contributed by atoms with Gasteiger partial charge in [0.05, 0.1) is 17.1 Å². The summed E-state index contributed by atoms with van der Waals surface area (Å²) < 4.78 is 33.8. The van der Waals surface area contributed by atoms with Crippen LogP contribution in [0.4, 0.5) is 5.69 Å². The first-order valence-electron chi connectivity index (χ1n) is 10.7. The summed E-state index contributed by atoms with van der Waals surface area (Å²) in [6.07, 6.45) is 2.78. The van der Waals surface area contributed by atoms with Crippen LogP contribution in [0.25, 0.3) is 0 Å². The minimum atomic E-state index is -3.98. The smallest absolute Gasteiger partial charge is 0.261 e. The van der Waals surface area contributed by atoms with Crippen LogP contribution in [-0.2, 0) is 10.0 Å². The van der Waals surface area contributed by atoms with Gasteiger partial charge in [0.25, 0.3) is 21.8 Å². The van der Waals surface area contributed by atoms with Crippen molar-refractivity contribution < 1.29 is 22.7 Å². The van der Waals surface area contributed by atoms with Gasteiger partial charge in [-0.25, -0.2) is 8.42 Å². The van der Waals surface area contributed by atoms with Gasteiger partial charge in [-0.3, -0.25) is 14.3 Å². The van der Waals surface area contributed by atoms with Gasteiger partial charge < -0.3 is 15.4 Å². The number of hydrogen-bond acceptors (Lipinski definition) is 5. The average Bonchev–Trinajstić information content (AvgIpc) is 3.28. The minimum Gasteiger partial charge on any atom is -0.493 e. The van der Waals surface area contributed by atoms with Crippen molar-refractivity contribution in [2.75, 3.05) is 24.4 Å². The number of nitrogens with zero attached hydrogens (tertiary/aromatic N) is 1. The highest BCUT2D eigenvalue weighted by atomic mass is 32.2. The number of nitrogens with one attached hydrogen (secondary N) is 1. The Hall–Kier alpha value is -3.07. The lowest BCUT2D eigenvalue weighted by Gasteiger charge is -2.16. The van der Waals surface area contributed by atoms with Gasteiger partial charge in [0.1, 0.15) is 5.75 Å². The molecule has 2 aromatic carbocycles. The molecule has 3 rings (SSSR count). The molecular weight excluding hydrogens is 430 g/mol. The maximum atomic E-state index is 12.8. The summed E-state index contributed by atoms with van der Waals surface area (Å²) in [5.41, 5.74) is 6.25. The molecule has 0 aliphatic carbocycles. The number of nitrogens with two attached hydrogens (primary N) is 1. The van der Waals surface area contributed by atoms with E-state index in [0.717, 1.165) is 32.4 Å². The fourth-order valence-electron chi connectivity index (χ4n) is 3.40. The number of rotatable bonds is 9. The summed E-state index contributed by atoms with van der Waals surface area (Å²) in [7, 11) is -3.98. The standard InChI is InChI=1S/C23H29N3O5S/c1-16(2)11-14-31-21-10-9-19(15-20(21)22(24)27)32(29,30)25-18-7-5-17(6-8-18)23(28)26-12-3-4-13-26/h5-10,15-16,25H,3-4,11-14H2,1-2H3,(H2,24,27). The fraction of sp³-hybridized carbons (Fsp3) is 0.391. The van der Waals surface area contributed by atoms with E-state index >= 15 is 0 Å². The fourth-order valence-corrected chi connectivity index (χ4v) is 4.48. The number of carbonyl (C=O) groups is 2. The number of amides is 2. The molecule has 1 fully saturated rings. The first kappa shape index (κ1) is 23.6. The lowest BCUT2D eigenvalue weighted by atomic mass is 10.1. The Morgan fingerprint density at radius 3 is 2.34 bits per heavy atom. The van der Waals surface area contributed by atoms with Crippen molar-refractivity contribution in [2.45, 2.75) is 38.0 Å². The summed E-state index contributed by atoms with van der Waals surface area (Å²) in [4.78, 5) is 26.0. The molecule has 1 aliphatic heterocycles. The molecule has 0 bridgehead atoms. The molecule has 9 heteroatoms. The molecule has 1 saturated heterocycles. The minimum absolute atomic E-state index is 0.00295. The van der Waals surface area contributed by atoms with E-state index in [4.69, 9.17) is 10.5 Å². The second kappa shape index (κ2) is 10.0. The molecule has 0 aromatic heterocycles. The van der Waals surface area contributed by atoms with Gasteiger partial charge in [-0.1, -0.05) is 13.8 Å². The summed E-state index contributed by atoms with van der Waals surface area (Å²) in [5, 5.41) is 0. The number of benzene rings is 2. The highest BCUT2D eigenvalue weighted by molar-refractivity contribution is 7.92. The van der Waals surface area contributed by atoms with E-state index in [0.29, 0.717) is 23.8 Å². The summed E-state index contributed by atoms with van der Waals surface area (Å²) in [6.45, 7) is 5.98. The molecule has 0 spiro atoms. The predicted octanol–water partition coefficient (Wildman–Crippen LogP) is 3.25. The topological polar surface area (TPSA) is 119 Å². The van der Waals surface area contributed by atoms with Crippen molar-refractivity contribution >= 4 is 27.5 Å². The van der Waals surface area contributed by atoms with Gasteiger partial charge in [0.15, 0.2) is 0 Å². The normalized spacial score (nSPS) is 13.9. The van der Waals surface area contributed by atoms with Gasteiger partial charge in [-0.2, -0.15) is 0 Å². The Morgan fingerprint density at radius 1 is 1.09 bits per heavy atom. The third-order valence-electron chi connectivity index (χ3n) is 5.26. The SMILES string of the molecule is CC(C)CCOc1ccc(S(=O)(=O)Nc2ccc(C(=O)N3CCCC3)cc2)cc1C(N)=O. The van der Waals surface area contributed by atoms with E-state index in [9.17, 15) is 18.0 Å². The Labute approximate surface area is 188 Å². The maximum Gasteiger partial charge on any atom is 0.261 e. The first-order valence-corrected chi connectivity index (χ1v) is 12.1. The van der Waals surface area contributed by atoms with Crippen LogP contribution in [0.3, 0.4) is 0 Å². The zero-order valence-electron chi connectivity index (χ0n) is 18.3. The Bertz CT molecular complexity index is 1080. The quantitative estimate of drug-likeness (QED) is 0.597. The van der Waals surface area contributed by atoms with Crippen molar-refractivity contribution in [2.24, 2.45) is 11.7 Å². The molecule has 1 heterocycles. The summed E-state index contributed by atoms with van der Waals surface area (Å²) in [5.74, 6) is -0.155. The molecule has 2 aromatic rings. The zero-order chi connectivity index (χ0) is 23.3. The highest BCUT2D eigenvalue weighted by Crippen LogP contribution is 2.25. The van der Waals surface area contributed by atoms with E-state index in [1.807, 2.05) is 0 Å². The first-order chi connectivity index (χ1) is 15.2. The number of primary amides is 1. The van der Waals surface area contributed by atoms with E-state index in [1.165, 1.54) is 18.2 Å². The molecule has 0 saturated carbocycles. The van der Waals surface area contributed by atoms with Gasteiger partial charge >= 0.3 is 0 Å². The van der Waals surface area contributed by atoms with E-state index < -0.39 is 15.9 Å². The lowest BCUT2D eigenvalue weighted by Crippen LogP contribution is -2.27. The summed E-state index contributed by atoms with van der Waals surface area (Å²) >= 11 is 0. The van der Waals surface area contributed by atoms with Crippen LogP contribution in [-0.4, -0.2) is 44.8 Å². The number of hydrogen-bond donors (Lipinski definition) is 2. The van der Waals surface area contributed by atoms with Crippen LogP contribution < -0.4 is 15.2 Å². The van der Waals surface area contributed by atoms with E-state index in [2.05, 4.69) is 18.6 Å². The van der Waals surface area contributed by atoms with Crippen LogP contribution in [0.2, 0.25) is 0 Å². The van der Waals surface area contributed by atoms with Crippen LogP contribution in [0, 0.1) is 5.92 Å². The van der Waals surface area contributed by atoms with Gasteiger partial charge in [-0.05, 0) is 67.6 Å². The maximum absolute atomic E-state index is 12.8. The number of ether oxygens (including phenoxy) is 1. The third kappa shape index (κ3) is 5.79. The predicted molar refractivity (Wildman–Crippen MR) is 122 cm³/mol. The number of carbonyl (C=O) groups excluding carboxylic acids is 2. The van der Waals surface area contributed by atoms with Crippen molar-refractivity contribution in [3.8, 4) is 5.75 Å². The molecule has 3 N–H and O–H groups in total. The lowest BCUT2D eigenvalue weighted by molar-refractivity contribution is 0.0792. The average molecular weight is 460 g/mol. The highest BCUT2D eigenvalue weighted by Gasteiger charge is 2.21. The van der Waals surface area contributed by atoms with Crippen molar-refractivity contribution in [1.82, 2.24) is 4.90 Å². The molecule has 172 valence electrons. The van der Waals surface area contributed by atoms with Gasteiger partial charge in [-0.15, -0.1) is 0 Å². The molecular formula is C23H29N3O5S. The molecule has 2 amide bonds. The molecule has 32 heavy (non-hydrogen) atoms. The number of likely N-dealkylation sites (tertiary alicyclic amines) is 1. The summed E-state index contributed by atoms with van der Waals surface area (Å²) in [6, 6.07) is 10.3. The second-order valence-electron chi connectivity index (χ2n) is 8.24. The second-order valence-corrected chi connectivity index (χ2v) is 9.92. The molecule has 0 unspecified atom stereocenters. The van der Waals surface area contributed by atoms with E-state index in [-0.39, 0.29) is 22.1 Å². The number of anilines is 1. The number of sulfonamides is 1. The van der Waals surface area contributed by atoms with Crippen LogP contribution in [0.15, 0.2) is 47.4 Å². The molecule has 0 atom stereocenters. The van der Waals surface area contributed by atoms with Gasteiger partial charge in [0, 0.05) is 24.3 Å². The monoisotopic (exact) mass is 459 g/mol. The Kier molecular flexibility index (Phi) is 7.40. The zero-order valence-corrected chi connectivity index (χ0v) is 19.2. The molecule has 8 nitrogen and oxygen atoms in total. The molecule has 1 aliphatic rings.